The lowest BCUT2D eigenvalue weighted by atomic mass is 9.98. The van der Waals surface area contributed by atoms with Crippen molar-refractivity contribution in [3.63, 3.8) is 0 Å². The van der Waals surface area contributed by atoms with Gasteiger partial charge in [0.15, 0.2) is 0 Å². The molecule has 208 valence electrons. The van der Waals surface area contributed by atoms with Gasteiger partial charge in [-0.1, -0.05) is 60.7 Å². The molecule has 4 rings (SSSR count). The van der Waals surface area contributed by atoms with E-state index in [0.717, 1.165) is 22.3 Å². The number of hydrogen-bond acceptors (Lipinski definition) is 6. The van der Waals surface area contributed by atoms with Crippen LogP contribution in [0.1, 0.15) is 48.2 Å². The maximum atomic E-state index is 12.8. The maximum Gasteiger partial charge on any atom is 0.412 e. The molecule has 0 unspecified atom stereocenters. The summed E-state index contributed by atoms with van der Waals surface area (Å²) in [5, 5.41) is 16.9. The lowest BCUT2D eigenvalue weighted by Gasteiger charge is -2.20. The highest BCUT2D eigenvalue weighted by Gasteiger charge is 2.30. The zero-order valence-corrected chi connectivity index (χ0v) is 22.4. The van der Waals surface area contributed by atoms with Gasteiger partial charge >= 0.3 is 18.2 Å². The standard InChI is InChI=1S/C30H31N3O7/c1-30(2,3)40-29(38)32-24-15-9-8-14-22(24)26(34)31-16-25(27(35)36)33-28(37)39-17-23-20-12-6-4-10-18(20)19-11-5-7-13-21(19)23/h4-15,23,25H,16-17H2,1-3H3,(H,31,34)(H,32,38)(H,33,37)(H,35,36)/t25-/m0/s1. The lowest BCUT2D eigenvalue weighted by Crippen LogP contribution is -2.48. The Morgan fingerprint density at radius 3 is 2.02 bits per heavy atom. The summed E-state index contributed by atoms with van der Waals surface area (Å²) >= 11 is 0. The van der Waals surface area contributed by atoms with Gasteiger partial charge < -0.3 is 25.2 Å². The normalized spacial score (nSPS) is 12.9. The second kappa shape index (κ2) is 11.9. The molecule has 1 aliphatic carbocycles. The third-order valence-corrected chi connectivity index (χ3v) is 6.21. The number of nitrogens with one attached hydrogen (secondary N) is 3. The summed E-state index contributed by atoms with van der Waals surface area (Å²) in [6, 6.07) is 20.5. The number of alkyl carbamates (subject to hydrolysis) is 1. The second-order valence-corrected chi connectivity index (χ2v) is 10.2. The molecule has 3 aromatic carbocycles. The molecule has 4 N–H and O–H groups in total. The summed E-state index contributed by atoms with van der Waals surface area (Å²) in [5.74, 6) is -2.18. The van der Waals surface area contributed by atoms with E-state index in [1.54, 1.807) is 32.9 Å². The molecular formula is C30H31N3O7. The first-order valence-corrected chi connectivity index (χ1v) is 12.7. The Morgan fingerprint density at radius 1 is 0.850 bits per heavy atom. The van der Waals surface area contributed by atoms with Crippen LogP contribution in [0, 0.1) is 0 Å². The van der Waals surface area contributed by atoms with Gasteiger partial charge in [0.05, 0.1) is 11.3 Å². The number of carbonyl (C=O) groups is 4. The van der Waals surface area contributed by atoms with E-state index in [1.807, 2.05) is 48.5 Å². The topological polar surface area (TPSA) is 143 Å². The van der Waals surface area contributed by atoms with E-state index in [2.05, 4.69) is 16.0 Å². The van der Waals surface area contributed by atoms with E-state index in [1.165, 1.54) is 12.1 Å². The van der Waals surface area contributed by atoms with Gasteiger partial charge in [0.1, 0.15) is 18.2 Å². The molecule has 1 atom stereocenters. The Labute approximate surface area is 231 Å². The number of amides is 3. The summed E-state index contributed by atoms with van der Waals surface area (Å²) in [7, 11) is 0. The van der Waals surface area contributed by atoms with Gasteiger partial charge in [0.25, 0.3) is 5.91 Å². The molecule has 10 heteroatoms. The minimum absolute atomic E-state index is 0.0161. The van der Waals surface area contributed by atoms with Crippen molar-refractivity contribution in [2.75, 3.05) is 18.5 Å². The first-order valence-electron chi connectivity index (χ1n) is 12.7. The van der Waals surface area contributed by atoms with Gasteiger partial charge in [-0.25, -0.2) is 14.4 Å². The van der Waals surface area contributed by atoms with Crippen LogP contribution in [0.15, 0.2) is 72.8 Å². The average Bonchev–Trinajstić information content (AvgIpc) is 3.22. The van der Waals surface area contributed by atoms with Crippen LogP contribution >= 0.6 is 0 Å². The van der Waals surface area contributed by atoms with Crippen molar-refractivity contribution >= 4 is 29.8 Å². The molecule has 0 aromatic heterocycles. The molecule has 40 heavy (non-hydrogen) atoms. The smallest absolute Gasteiger partial charge is 0.412 e. The SMILES string of the molecule is CC(C)(C)OC(=O)Nc1ccccc1C(=O)NC[C@H](NC(=O)OCC1c2ccccc2-c2ccccc21)C(=O)O. The third-order valence-electron chi connectivity index (χ3n) is 6.21. The Kier molecular flexibility index (Phi) is 8.37. The van der Waals surface area contributed by atoms with Crippen molar-refractivity contribution < 1.29 is 33.8 Å². The van der Waals surface area contributed by atoms with Gasteiger partial charge in [0, 0.05) is 12.5 Å². The minimum Gasteiger partial charge on any atom is -0.480 e. The molecule has 0 aliphatic heterocycles. The maximum absolute atomic E-state index is 12.8. The molecule has 3 amide bonds. The number of carboxylic acid groups (broad SMARTS) is 1. The monoisotopic (exact) mass is 545 g/mol. The van der Waals surface area contributed by atoms with Crippen LogP contribution in [0.3, 0.4) is 0 Å². The van der Waals surface area contributed by atoms with Crippen LogP contribution in [-0.2, 0) is 14.3 Å². The lowest BCUT2D eigenvalue weighted by molar-refractivity contribution is -0.139. The molecule has 0 saturated heterocycles. The van der Waals surface area contributed by atoms with Crippen LogP contribution in [0.25, 0.3) is 11.1 Å². The average molecular weight is 546 g/mol. The van der Waals surface area contributed by atoms with E-state index in [0.29, 0.717) is 0 Å². The van der Waals surface area contributed by atoms with E-state index in [4.69, 9.17) is 9.47 Å². The molecule has 1 aliphatic rings. The van der Waals surface area contributed by atoms with Gasteiger partial charge in [-0.15, -0.1) is 0 Å². The first-order chi connectivity index (χ1) is 19.0. The predicted octanol–water partition coefficient (Wildman–Crippen LogP) is 4.76. The van der Waals surface area contributed by atoms with Crippen LogP contribution in [0.5, 0.6) is 0 Å². The number of fused-ring (bicyclic) bond motifs is 3. The fourth-order valence-electron chi connectivity index (χ4n) is 4.48. The van der Waals surface area contributed by atoms with Gasteiger partial charge in [-0.05, 0) is 55.2 Å². The van der Waals surface area contributed by atoms with Crippen molar-refractivity contribution in [1.82, 2.24) is 10.6 Å². The van der Waals surface area contributed by atoms with E-state index < -0.39 is 42.3 Å². The highest BCUT2D eigenvalue weighted by atomic mass is 16.6. The number of rotatable bonds is 8. The molecule has 0 bridgehead atoms. The number of carboxylic acids is 1. The summed E-state index contributed by atoms with van der Waals surface area (Å²) in [6.07, 6.45) is -1.66. The van der Waals surface area contributed by atoms with Crippen molar-refractivity contribution in [1.29, 1.82) is 0 Å². The number of benzene rings is 3. The summed E-state index contributed by atoms with van der Waals surface area (Å²) in [5.41, 5.74) is 3.74. The Balaban J connectivity index is 1.35. The fourth-order valence-corrected chi connectivity index (χ4v) is 4.48. The van der Waals surface area contributed by atoms with Gasteiger partial charge in [-0.2, -0.15) is 0 Å². The van der Waals surface area contributed by atoms with Crippen LogP contribution in [-0.4, -0.2) is 54.0 Å². The number of hydrogen-bond donors (Lipinski definition) is 4. The highest BCUT2D eigenvalue weighted by molar-refractivity contribution is 6.02. The molecule has 10 nitrogen and oxygen atoms in total. The predicted molar refractivity (Wildman–Crippen MR) is 148 cm³/mol. The third kappa shape index (κ3) is 6.76. The quantitative estimate of drug-likeness (QED) is 0.320. The van der Waals surface area contributed by atoms with Crippen molar-refractivity contribution in [2.45, 2.75) is 38.3 Å². The second-order valence-electron chi connectivity index (χ2n) is 10.2. The molecule has 0 heterocycles. The number of ether oxygens (including phenoxy) is 2. The van der Waals surface area contributed by atoms with Crippen molar-refractivity contribution in [2.24, 2.45) is 0 Å². The van der Waals surface area contributed by atoms with Gasteiger partial charge in [0.2, 0.25) is 0 Å². The highest BCUT2D eigenvalue weighted by Crippen LogP contribution is 2.44. The number of aliphatic carboxylic acids is 1. The fraction of sp³-hybridized carbons (Fsp3) is 0.267. The van der Waals surface area contributed by atoms with E-state index in [-0.39, 0.29) is 23.8 Å². The Hall–Kier alpha value is -4.86. The van der Waals surface area contributed by atoms with Crippen molar-refractivity contribution in [3.8, 4) is 11.1 Å². The molecular weight excluding hydrogens is 514 g/mol. The van der Waals surface area contributed by atoms with E-state index >= 15 is 0 Å². The van der Waals surface area contributed by atoms with Crippen LogP contribution < -0.4 is 16.0 Å². The zero-order chi connectivity index (χ0) is 28.9. The molecule has 0 radical (unpaired) electrons. The molecule has 0 saturated carbocycles. The molecule has 0 fully saturated rings. The summed E-state index contributed by atoms with van der Waals surface area (Å²) in [4.78, 5) is 49.4. The van der Waals surface area contributed by atoms with Crippen LogP contribution in [0.4, 0.5) is 15.3 Å². The minimum atomic E-state index is -1.45. The summed E-state index contributed by atoms with van der Waals surface area (Å²) < 4.78 is 10.7. The zero-order valence-electron chi connectivity index (χ0n) is 22.4. The van der Waals surface area contributed by atoms with Crippen molar-refractivity contribution in [3.05, 3.63) is 89.5 Å². The summed E-state index contributed by atoms with van der Waals surface area (Å²) in [6.45, 7) is 4.73. The first kappa shape index (κ1) is 28.2. The Bertz CT molecular complexity index is 1390. The Morgan fingerprint density at radius 2 is 1.43 bits per heavy atom. The largest absolute Gasteiger partial charge is 0.480 e. The number of para-hydroxylation sites is 1. The number of carbonyl (C=O) groups excluding carboxylic acids is 3. The van der Waals surface area contributed by atoms with E-state index in [9.17, 15) is 24.3 Å². The van der Waals surface area contributed by atoms with Crippen LogP contribution in [0.2, 0.25) is 0 Å². The molecule has 0 spiro atoms. The number of anilines is 1. The molecule has 3 aromatic rings. The van der Waals surface area contributed by atoms with Gasteiger partial charge in [-0.3, -0.25) is 10.1 Å².